The van der Waals surface area contributed by atoms with E-state index in [0.29, 0.717) is 17.2 Å². The minimum Gasteiger partial charge on any atom is -0.493 e. The largest absolute Gasteiger partial charge is 0.493 e. The van der Waals surface area contributed by atoms with Crippen LogP contribution < -0.4 is 18.9 Å². The first-order chi connectivity index (χ1) is 16.7. The third kappa shape index (κ3) is 2.99. The molecule has 0 aromatic heterocycles. The van der Waals surface area contributed by atoms with Gasteiger partial charge in [0.1, 0.15) is 11.5 Å². The predicted molar refractivity (Wildman–Crippen MR) is 135 cm³/mol. The quantitative estimate of drug-likeness (QED) is 0.283. The van der Waals surface area contributed by atoms with E-state index in [4.69, 9.17) is 18.9 Å². The molecule has 4 heteroatoms. The molecule has 1 aliphatic heterocycles. The van der Waals surface area contributed by atoms with Crippen molar-refractivity contribution in [2.24, 2.45) is 0 Å². The molecule has 168 valence electrons. The van der Waals surface area contributed by atoms with E-state index >= 15 is 0 Å². The van der Waals surface area contributed by atoms with Crippen molar-refractivity contribution in [2.75, 3.05) is 21.3 Å². The molecule has 1 heterocycles. The van der Waals surface area contributed by atoms with Crippen molar-refractivity contribution in [3.05, 3.63) is 102 Å². The summed E-state index contributed by atoms with van der Waals surface area (Å²) >= 11 is 0. The molecular formula is C30H24O4. The molecule has 0 unspecified atom stereocenters. The standard InChI is InChI=1S/C30H24O4/c1-31-25-16-20(17-26(32-2)30(25)33-3)27-28-21-10-6-4-8-18(21)12-14-23(28)34-24-15-13-19-9-5-7-11-22(19)29(24)27/h4-17,27H,1-3H3. The van der Waals surface area contributed by atoms with Crippen LogP contribution in [0, 0.1) is 0 Å². The topological polar surface area (TPSA) is 36.9 Å². The number of fused-ring (bicyclic) bond motifs is 6. The number of benzene rings is 5. The van der Waals surface area contributed by atoms with Crippen LogP contribution in [-0.2, 0) is 0 Å². The fourth-order valence-corrected chi connectivity index (χ4v) is 5.19. The Morgan fingerprint density at radius 2 is 1.09 bits per heavy atom. The molecule has 0 spiro atoms. The van der Waals surface area contributed by atoms with Crippen LogP contribution in [0.4, 0.5) is 0 Å². The van der Waals surface area contributed by atoms with Crippen LogP contribution in [0.1, 0.15) is 22.6 Å². The van der Waals surface area contributed by atoms with Crippen LogP contribution in [0.5, 0.6) is 28.7 Å². The molecule has 5 aromatic rings. The molecule has 0 saturated heterocycles. The number of ether oxygens (including phenoxy) is 4. The van der Waals surface area contributed by atoms with Crippen molar-refractivity contribution in [3.8, 4) is 28.7 Å². The highest BCUT2D eigenvalue weighted by atomic mass is 16.5. The average molecular weight is 449 g/mol. The van der Waals surface area contributed by atoms with Crippen LogP contribution in [0.25, 0.3) is 21.5 Å². The van der Waals surface area contributed by atoms with Gasteiger partial charge in [0.15, 0.2) is 11.5 Å². The average Bonchev–Trinajstić information content (AvgIpc) is 2.90. The zero-order valence-corrected chi connectivity index (χ0v) is 19.3. The van der Waals surface area contributed by atoms with Crippen molar-refractivity contribution in [1.82, 2.24) is 0 Å². The third-order valence-electron chi connectivity index (χ3n) is 6.68. The van der Waals surface area contributed by atoms with Crippen LogP contribution in [0.15, 0.2) is 84.9 Å². The first-order valence-corrected chi connectivity index (χ1v) is 11.2. The number of hydrogen-bond donors (Lipinski definition) is 0. The minimum atomic E-state index is -0.0929. The molecule has 0 N–H and O–H groups in total. The maximum atomic E-state index is 6.52. The Bertz CT molecular complexity index is 1440. The highest BCUT2D eigenvalue weighted by Gasteiger charge is 2.33. The fraction of sp³-hybridized carbons (Fsp3) is 0.133. The molecule has 0 fully saturated rings. The van der Waals surface area contributed by atoms with Crippen LogP contribution in [0.2, 0.25) is 0 Å². The smallest absolute Gasteiger partial charge is 0.203 e. The molecule has 1 aliphatic rings. The SMILES string of the molecule is COc1cc(C2c3c(ccc4ccccc34)Oc3ccc4ccccc4c32)cc(OC)c1OC. The molecule has 5 aromatic carbocycles. The Hall–Kier alpha value is -4.18. The van der Waals surface area contributed by atoms with Gasteiger partial charge in [0, 0.05) is 17.0 Å². The zero-order valence-electron chi connectivity index (χ0n) is 19.3. The van der Waals surface area contributed by atoms with Crippen molar-refractivity contribution >= 4 is 21.5 Å². The van der Waals surface area contributed by atoms with Crippen LogP contribution >= 0.6 is 0 Å². The monoisotopic (exact) mass is 448 g/mol. The third-order valence-corrected chi connectivity index (χ3v) is 6.68. The number of methoxy groups -OCH3 is 3. The normalized spacial score (nSPS) is 12.7. The van der Waals surface area contributed by atoms with E-state index in [1.807, 2.05) is 0 Å². The lowest BCUT2D eigenvalue weighted by Gasteiger charge is -2.31. The Labute approximate surface area is 198 Å². The van der Waals surface area contributed by atoms with E-state index in [1.165, 1.54) is 10.8 Å². The van der Waals surface area contributed by atoms with Gasteiger partial charge in [-0.05, 0) is 51.4 Å². The summed E-state index contributed by atoms with van der Waals surface area (Å²) in [5.41, 5.74) is 3.32. The summed E-state index contributed by atoms with van der Waals surface area (Å²) in [6.07, 6.45) is 0. The summed E-state index contributed by atoms with van der Waals surface area (Å²) < 4.78 is 23.6. The van der Waals surface area contributed by atoms with Crippen LogP contribution in [0.3, 0.4) is 0 Å². The second kappa shape index (κ2) is 7.99. The van der Waals surface area contributed by atoms with E-state index in [1.54, 1.807) is 21.3 Å². The van der Waals surface area contributed by atoms with Gasteiger partial charge in [0.05, 0.1) is 21.3 Å². The summed E-state index contributed by atoms with van der Waals surface area (Å²) in [5.74, 6) is 3.47. The van der Waals surface area contributed by atoms with E-state index < -0.39 is 0 Å². The van der Waals surface area contributed by atoms with Crippen molar-refractivity contribution in [1.29, 1.82) is 0 Å². The Morgan fingerprint density at radius 3 is 1.56 bits per heavy atom. The lowest BCUT2D eigenvalue weighted by atomic mass is 9.78. The minimum absolute atomic E-state index is 0.0929. The molecule has 0 bridgehead atoms. The Kier molecular flexibility index (Phi) is 4.80. The van der Waals surface area contributed by atoms with Gasteiger partial charge < -0.3 is 18.9 Å². The first-order valence-electron chi connectivity index (χ1n) is 11.2. The molecule has 4 nitrogen and oxygen atoms in total. The summed E-state index contributed by atoms with van der Waals surface area (Å²) in [4.78, 5) is 0. The van der Waals surface area contributed by atoms with Gasteiger partial charge in [-0.15, -0.1) is 0 Å². The molecule has 34 heavy (non-hydrogen) atoms. The highest BCUT2D eigenvalue weighted by molar-refractivity contribution is 5.95. The van der Waals surface area contributed by atoms with Crippen molar-refractivity contribution in [2.45, 2.75) is 5.92 Å². The van der Waals surface area contributed by atoms with Gasteiger partial charge >= 0.3 is 0 Å². The second-order valence-electron chi connectivity index (χ2n) is 8.39. The summed E-state index contributed by atoms with van der Waals surface area (Å²) in [7, 11) is 4.93. The Balaban J connectivity index is 1.74. The summed E-state index contributed by atoms with van der Waals surface area (Å²) in [6, 6.07) is 29.4. The van der Waals surface area contributed by atoms with Gasteiger partial charge in [-0.25, -0.2) is 0 Å². The van der Waals surface area contributed by atoms with Crippen molar-refractivity contribution in [3.63, 3.8) is 0 Å². The maximum absolute atomic E-state index is 6.52. The van der Waals surface area contributed by atoms with Crippen LogP contribution in [-0.4, -0.2) is 21.3 Å². The lowest BCUT2D eigenvalue weighted by molar-refractivity contribution is 0.323. The molecule has 0 aliphatic carbocycles. The van der Waals surface area contributed by atoms with Crippen molar-refractivity contribution < 1.29 is 18.9 Å². The molecule has 6 rings (SSSR count). The Morgan fingerprint density at radius 1 is 0.588 bits per heavy atom. The molecule has 0 saturated carbocycles. The first kappa shape index (κ1) is 20.4. The fourth-order valence-electron chi connectivity index (χ4n) is 5.19. The van der Waals surface area contributed by atoms with Gasteiger partial charge in [0.25, 0.3) is 0 Å². The second-order valence-corrected chi connectivity index (χ2v) is 8.39. The van der Waals surface area contributed by atoms with Gasteiger partial charge in [0.2, 0.25) is 5.75 Å². The number of rotatable bonds is 4. The summed E-state index contributed by atoms with van der Waals surface area (Å²) in [5, 5.41) is 4.67. The molecule has 0 amide bonds. The van der Waals surface area contributed by atoms with E-state index in [-0.39, 0.29) is 5.92 Å². The number of hydrogen-bond acceptors (Lipinski definition) is 4. The highest BCUT2D eigenvalue weighted by Crippen LogP contribution is 2.53. The van der Waals surface area contributed by atoms with Gasteiger partial charge in [-0.3, -0.25) is 0 Å². The maximum Gasteiger partial charge on any atom is 0.203 e. The lowest BCUT2D eigenvalue weighted by Crippen LogP contribution is -2.13. The van der Waals surface area contributed by atoms with E-state index in [9.17, 15) is 0 Å². The zero-order chi connectivity index (χ0) is 23.2. The molecule has 0 radical (unpaired) electrons. The van der Waals surface area contributed by atoms with Gasteiger partial charge in [-0.2, -0.15) is 0 Å². The summed E-state index contributed by atoms with van der Waals surface area (Å²) in [6.45, 7) is 0. The predicted octanol–water partition coefficient (Wildman–Crippen LogP) is 7.30. The van der Waals surface area contributed by atoms with Gasteiger partial charge in [-0.1, -0.05) is 60.7 Å². The molecule has 0 atom stereocenters. The van der Waals surface area contributed by atoms with E-state index in [2.05, 4.69) is 84.9 Å². The molecular weight excluding hydrogens is 424 g/mol. The van der Waals surface area contributed by atoms with E-state index in [0.717, 1.165) is 39.0 Å².